The number of aliphatic hydroxyl groups is 1. The Morgan fingerprint density at radius 3 is 2.55 bits per heavy atom. The first kappa shape index (κ1) is 14.9. The molecule has 112 valence electrons. The van der Waals surface area contributed by atoms with Gasteiger partial charge in [-0.15, -0.1) is 0 Å². The smallest absolute Gasteiger partial charge is 0.325 e. The van der Waals surface area contributed by atoms with Crippen molar-refractivity contribution in [1.82, 2.24) is 14.7 Å². The zero-order chi connectivity index (χ0) is 14.8. The summed E-state index contributed by atoms with van der Waals surface area (Å²) in [7, 11) is -4.16. The van der Waals surface area contributed by atoms with E-state index in [9.17, 15) is 23.1 Å². The van der Waals surface area contributed by atoms with Crippen molar-refractivity contribution in [2.75, 3.05) is 19.8 Å². The van der Waals surface area contributed by atoms with Crippen LogP contribution in [0.2, 0.25) is 0 Å². The summed E-state index contributed by atoms with van der Waals surface area (Å²) in [4.78, 5) is 25.8. The Labute approximate surface area is 114 Å². The van der Waals surface area contributed by atoms with Crippen LogP contribution in [-0.2, 0) is 14.8 Å². The third-order valence-electron chi connectivity index (χ3n) is 3.18. The van der Waals surface area contributed by atoms with Crippen molar-refractivity contribution in [1.29, 1.82) is 0 Å². The van der Waals surface area contributed by atoms with E-state index < -0.39 is 38.3 Å². The molecule has 1 saturated heterocycles. The number of sulfonamides is 1. The summed E-state index contributed by atoms with van der Waals surface area (Å²) in [6, 6.07) is 0. The van der Waals surface area contributed by atoms with Crippen LogP contribution in [0.5, 0.6) is 0 Å². The summed E-state index contributed by atoms with van der Waals surface area (Å²) >= 11 is 0. The summed E-state index contributed by atoms with van der Waals surface area (Å²) in [5, 5.41) is 9.44. The predicted octanol–water partition coefficient (Wildman–Crippen LogP) is -2.12. The average Bonchev–Trinajstić information content (AvgIpc) is 2.38. The topological polar surface area (TPSA) is 141 Å². The first-order valence-electron chi connectivity index (χ1n) is 5.93. The number of hydrogen-bond donors (Lipinski definition) is 4. The van der Waals surface area contributed by atoms with Crippen LogP contribution < -0.4 is 16.0 Å². The van der Waals surface area contributed by atoms with Crippen LogP contribution in [0.3, 0.4) is 0 Å². The summed E-state index contributed by atoms with van der Waals surface area (Å²) in [6.07, 6.45) is 1.42. The summed E-state index contributed by atoms with van der Waals surface area (Å²) < 4.78 is 31.8. The molecule has 0 aliphatic carbocycles. The fourth-order valence-corrected chi connectivity index (χ4v) is 3.45. The maximum atomic E-state index is 12.2. The van der Waals surface area contributed by atoms with Crippen molar-refractivity contribution in [3.8, 4) is 0 Å². The van der Waals surface area contributed by atoms with Crippen molar-refractivity contribution >= 4 is 10.0 Å². The molecular weight excluding hydrogens is 290 g/mol. The van der Waals surface area contributed by atoms with Gasteiger partial charge in [0.15, 0.2) is 4.90 Å². The Morgan fingerprint density at radius 1 is 1.35 bits per heavy atom. The maximum Gasteiger partial charge on any atom is 0.325 e. The van der Waals surface area contributed by atoms with Gasteiger partial charge in [-0.25, -0.2) is 17.9 Å². The minimum absolute atomic E-state index is 0.296. The van der Waals surface area contributed by atoms with E-state index >= 15 is 0 Å². The van der Waals surface area contributed by atoms with Gasteiger partial charge in [0, 0.05) is 19.4 Å². The van der Waals surface area contributed by atoms with Crippen molar-refractivity contribution in [2.45, 2.75) is 23.3 Å². The van der Waals surface area contributed by atoms with E-state index in [0.717, 1.165) is 6.20 Å². The molecule has 0 atom stereocenters. The Bertz CT molecular complexity index is 685. The molecular formula is C10H15N3O6S. The number of aliphatic hydroxyl groups excluding tert-OH is 1. The highest BCUT2D eigenvalue weighted by Crippen LogP contribution is 2.22. The van der Waals surface area contributed by atoms with Gasteiger partial charge in [0.2, 0.25) is 10.0 Å². The van der Waals surface area contributed by atoms with E-state index in [1.165, 1.54) is 0 Å². The average molecular weight is 305 g/mol. The molecule has 1 aliphatic rings. The largest absolute Gasteiger partial charge is 0.394 e. The molecule has 2 rings (SSSR count). The zero-order valence-electron chi connectivity index (χ0n) is 10.5. The van der Waals surface area contributed by atoms with Gasteiger partial charge in [-0.1, -0.05) is 0 Å². The van der Waals surface area contributed by atoms with E-state index in [4.69, 9.17) is 4.74 Å². The molecule has 10 heteroatoms. The SMILES string of the molecule is O=c1[nH]cc(S(=O)(=O)NC2(CO)CCOCC2)c(=O)[nH]1. The van der Waals surface area contributed by atoms with Gasteiger partial charge in [0.05, 0.1) is 12.1 Å². The lowest BCUT2D eigenvalue weighted by Crippen LogP contribution is -2.55. The Morgan fingerprint density at radius 2 is 2.00 bits per heavy atom. The van der Waals surface area contributed by atoms with Crippen LogP contribution in [0.4, 0.5) is 0 Å². The quantitative estimate of drug-likeness (QED) is 0.501. The lowest BCUT2D eigenvalue weighted by Gasteiger charge is -2.35. The van der Waals surface area contributed by atoms with E-state index in [1.54, 1.807) is 0 Å². The van der Waals surface area contributed by atoms with E-state index in [2.05, 4.69) is 9.71 Å². The third kappa shape index (κ3) is 2.98. The molecule has 0 spiro atoms. The first-order chi connectivity index (χ1) is 9.38. The molecule has 1 fully saturated rings. The highest BCUT2D eigenvalue weighted by Gasteiger charge is 2.37. The Kier molecular flexibility index (Phi) is 4.09. The number of H-pyrrole nitrogens is 2. The summed E-state index contributed by atoms with van der Waals surface area (Å²) in [6.45, 7) is 0.215. The van der Waals surface area contributed by atoms with Crippen LogP contribution >= 0.6 is 0 Å². The van der Waals surface area contributed by atoms with Gasteiger partial charge < -0.3 is 14.8 Å². The highest BCUT2D eigenvalue weighted by atomic mass is 32.2. The molecule has 4 N–H and O–H groups in total. The number of nitrogens with one attached hydrogen (secondary N) is 3. The molecule has 0 amide bonds. The molecule has 0 radical (unpaired) electrons. The molecule has 9 nitrogen and oxygen atoms in total. The van der Waals surface area contributed by atoms with Crippen molar-refractivity contribution in [3.05, 3.63) is 27.0 Å². The number of ether oxygens (including phenoxy) is 1. The first-order valence-corrected chi connectivity index (χ1v) is 7.41. The minimum Gasteiger partial charge on any atom is -0.394 e. The zero-order valence-corrected chi connectivity index (χ0v) is 11.3. The van der Waals surface area contributed by atoms with Gasteiger partial charge in [0.1, 0.15) is 0 Å². The summed E-state index contributed by atoms with van der Waals surface area (Å²) in [5.41, 5.74) is -2.86. The van der Waals surface area contributed by atoms with E-state index in [0.29, 0.717) is 26.1 Å². The monoisotopic (exact) mass is 305 g/mol. The second-order valence-electron chi connectivity index (χ2n) is 4.59. The lowest BCUT2D eigenvalue weighted by atomic mass is 9.93. The van der Waals surface area contributed by atoms with Crippen LogP contribution in [0.25, 0.3) is 0 Å². The Balaban J connectivity index is 2.35. The lowest BCUT2D eigenvalue weighted by molar-refractivity contribution is 0.0223. The number of hydrogen-bond acceptors (Lipinski definition) is 6. The maximum absolute atomic E-state index is 12.2. The molecule has 20 heavy (non-hydrogen) atoms. The van der Waals surface area contributed by atoms with Gasteiger partial charge in [-0.3, -0.25) is 9.78 Å². The highest BCUT2D eigenvalue weighted by molar-refractivity contribution is 7.89. The molecule has 1 aliphatic heterocycles. The fraction of sp³-hybridized carbons (Fsp3) is 0.600. The van der Waals surface area contributed by atoms with Crippen LogP contribution in [0.15, 0.2) is 20.7 Å². The minimum atomic E-state index is -4.16. The van der Waals surface area contributed by atoms with Gasteiger partial charge in [-0.05, 0) is 12.8 Å². The van der Waals surface area contributed by atoms with E-state index in [1.807, 2.05) is 4.98 Å². The molecule has 0 saturated carbocycles. The second kappa shape index (κ2) is 5.48. The van der Waals surface area contributed by atoms with Crippen LogP contribution in [-0.4, -0.2) is 48.9 Å². The molecule has 0 unspecified atom stereocenters. The fourth-order valence-electron chi connectivity index (χ4n) is 1.99. The molecule has 1 aromatic rings. The summed E-state index contributed by atoms with van der Waals surface area (Å²) in [5.74, 6) is 0. The standard InChI is InChI=1S/C10H15N3O6S/c14-6-10(1-3-19-4-2-10)13-20(17,18)7-5-11-9(16)12-8(7)15/h5,13-14H,1-4,6H2,(H2,11,12,15,16). The predicted molar refractivity (Wildman–Crippen MR) is 67.9 cm³/mol. The van der Waals surface area contributed by atoms with Crippen LogP contribution in [0, 0.1) is 0 Å². The van der Waals surface area contributed by atoms with Gasteiger partial charge in [-0.2, -0.15) is 0 Å². The molecule has 1 aromatic heterocycles. The second-order valence-corrected chi connectivity index (χ2v) is 6.24. The van der Waals surface area contributed by atoms with Gasteiger partial charge in [0.25, 0.3) is 5.56 Å². The number of rotatable bonds is 4. The third-order valence-corrected chi connectivity index (χ3v) is 4.76. The van der Waals surface area contributed by atoms with Crippen LogP contribution in [0.1, 0.15) is 12.8 Å². The van der Waals surface area contributed by atoms with E-state index in [-0.39, 0.29) is 0 Å². The van der Waals surface area contributed by atoms with Crippen molar-refractivity contribution in [2.24, 2.45) is 0 Å². The number of aromatic amines is 2. The normalized spacial score (nSPS) is 18.9. The van der Waals surface area contributed by atoms with Gasteiger partial charge >= 0.3 is 5.69 Å². The number of aromatic nitrogens is 2. The Hall–Kier alpha value is -1.49. The molecule has 2 heterocycles. The van der Waals surface area contributed by atoms with Crippen molar-refractivity contribution < 1.29 is 18.3 Å². The van der Waals surface area contributed by atoms with Crippen molar-refractivity contribution in [3.63, 3.8) is 0 Å². The molecule has 0 aromatic carbocycles. The molecule has 0 bridgehead atoms.